The summed E-state index contributed by atoms with van der Waals surface area (Å²) < 4.78 is 4.97. The molecule has 2 aromatic heterocycles. The van der Waals surface area contributed by atoms with Crippen LogP contribution in [0.5, 0.6) is 0 Å². The molecule has 1 unspecified atom stereocenters. The van der Waals surface area contributed by atoms with Crippen LogP contribution in [0.1, 0.15) is 33.3 Å². The first kappa shape index (κ1) is 24.4. The summed E-state index contributed by atoms with van der Waals surface area (Å²) in [5.41, 5.74) is 3.17. The Kier molecular flexibility index (Phi) is 8.56. The summed E-state index contributed by atoms with van der Waals surface area (Å²) in [6, 6.07) is 9.89. The predicted molar refractivity (Wildman–Crippen MR) is 131 cm³/mol. The van der Waals surface area contributed by atoms with E-state index in [2.05, 4.69) is 44.7 Å². The normalized spacial score (nSPS) is 11.8. The van der Waals surface area contributed by atoms with Gasteiger partial charge in [0, 0.05) is 30.9 Å². The Labute approximate surface area is 197 Å². The van der Waals surface area contributed by atoms with Gasteiger partial charge < -0.3 is 25.8 Å². The van der Waals surface area contributed by atoms with Crippen molar-refractivity contribution >= 4 is 28.5 Å². The molecule has 0 aliphatic heterocycles. The zero-order chi connectivity index (χ0) is 23.8. The maximum atomic E-state index is 11.8. The SMILES string of the molecule is CCOC(=O)NCc1ccccc1-c1cc(-c2cnc(NC(C)C)s2)nc(NCC(C)O)n1. The number of aromatic nitrogens is 3. The molecule has 9 nitrogen and oxygen atoms in total. The van der Waals surface area contributed by atoms with Gasteiger partial charge in [-0.25, -0.2) is 19.7 Å². The molecule has 33 heavy (non-hydrogen) atoms. The number of carbonyl (C=O) groups is 1. The first-order chi connectivity index (χ1) is 15.9. The lowest BCUT2D eigenvalue weighted by Gasteiger charge is -2.13. The Hall–Kier alpha value is -3.24. The van der Waals surface area contributed by atoms with Gasteiger partial charge in [-0.2, -0.15) is 0 Å². The standard InChI is InChI=1S/C23H30N6O3S/c1-5-32-23(31)26-12-16-8-6-7-9-17(16)18-10-19(29-21(28-18)24-11-15(4)30)20-13-25-22(33-20)27-14(2)3/h6-10,13-15,30H,5,11-12H2,1-4H3,(H,25,27)(H,26,31)(H,24,28,29). The molecule has 0 fully saturated rings. The molecule has 2 heterocycles. The van der Waals surface area contributed by atoms with Crippen molar-refractivity contribution in [2.45, 2.75) is 46.4 Å². The summed E-state index contributed by atoms with van der Waals surface area (Å²) in [5.74, 6) is 0.406. The minimum absolute atomic E-state index is 0.270. The van der Waals surface area contributed by atoms with Crippen LogP contribution in [0.15, 0.2) is 36.5 Å². The smallest absolute Gasteiger partial charge is 0.407 e. The zero-order valence-corrected chi connectivity index (χ0v) is 20.1. The average Bonchev–Trinajstić information content (AvgIpc) is 3.24. The largest absolute Gasteiger partial charge is 0.450 e. The number of aliphatic hydroxyl groups is 1. The van der Waals surface area contributed by atoms with Gasteiger partial charge in [-0.15, -0.1) is 0 Å². The summed E-state index contributed by atoms with van der Waals surface area (Å²) >= 11 is 1.51. The van der Waals surface area contributed by atoms with Gasteiger partial charge >= 0.3 is 6.09 Å². The zero-order valence-electron chi connectivity index (χ0n) is 19.3. The minimum Gasteiger partial charge on any atom is -0.450 e. The van der Waals surface area contributed by atoms with Crippen LogP contribution in [0.4, 0.5) is 15.9 Å². The number of ether oxygens (including phenoxy) is 1. The van der Waals surface area contributed by atoms with Gasteiger partial charge in [0.15, 0.2) is 5.13 Å². The predicted octanol–water partition coefficient (Wildman–Crippen LogP) is 4.13. The van der Waals surface area contributed by atoms with E-state index in [1.807, 2.05) is 30.3 Å². The van der Waals surface area contributed by atoms with Crippen molar-refractivity contribution in [3.8, 4) is 21.8 Å². The van der Waals surface area contributed by atoms with Crippen LogP contribution >= 0.6 is 11.3 Å². The molecule has 0 saturated heterocycles. The van der Waals surface area contributed by atoms with E-state index in [-0.39, 0.29) is 6.04 Å². The van der Waals surface area contributed by atoms with Crippen molar-refractivity contribution in [1.82, 2.24) is 20.3 Å². The van der Waals surface area contributed by atoms with Crippen LogP contribution in [-0.2, 0) is 11.3 Å². The van der Waals surface area contributed by atoms with Crippen LogP contribution in [0.25, 0.3) is 21.8 Å². The highest BCUT2D eigenvalue weighted by atomic mass is 32.1. The molecule has 10 heteroatoms. The van der Waals surface area contributed by atoms with Crippen LogP contribution in [0.3, 0.4) is 0 Å². The summed E-state index contributed by atoms with van der Waals surface area (Å²) in [6.45, 7) is 8.50. The Morgan fingerprint density at radius 1 is 1.18 bits per heavy atom. The molecule has 176 valence electrons. The van der Waals surface area contributed by atoms with E-state index in [0.29, 0.717) is 31.3 Å². The van der Waals surface area contributed by atoms with E-state index in [1.165, 1.54) is 11.3 Å². The minimum atomic E-state index is -0.549. The third kappa shape index (κ3) is 7.13. The molecule has 0 aliphatic carbocycles. The lowest BCUT2D eigenvalue weighted by molar-refractivity contribution is 0.151. The van der Waals surface area contributed by atoms with Gasteiger partial charge in [0.1, 0.15) is 0 Å². The van der Waals surface area contributed by atoms with Gasteiger partial charge in [-0.05, 0) is 39.3 Å². The van der Waals surface area contributed by atoms with Crippen molar-refractivity contribution in [1.29, 1.82) is 0 Å². The first-order valence-electron chi connectivity index (χ1n) is 10.9. The number of amides is 1. The molecule has 3 aromatic rings. The van der Waals surface area contributed by atoms with E-state index in [4.69, 9.17) is 4.74 Å². The second-order valence-corrected chi connectivity index (χ2v) is 8.78. The molecule has 1 aromatic carbocycles. The lowest BCUT2D eigenvalue weighted by Crippen LogP contribution is -2.24. The monoisotopic (exact) mass is 470 g/mol. The average molecular weight is 471 g/mol. The molecule has 0 aliphatic rings. The number of aliphatic hydroxyl groups excluding tert-OH is 1. The highest BCUT2D eigenvalue weighted by molar-refractivity contribution is 7.18. The molecule has 1 amide bonds. The summed E-state index contributed by atoms with van der Waals surface area (Å²) in [4.78, 5) is 26.4. The number of alkyl carbamates (subject to hydrolysis) is 1. The highest BCUT2D eigenvalue weighted by Gasteiger charge is 2.15. The van der Waals surface area contributed by atoms with E-state index in [9.17, 15) is 9.90 Å². The summed E-state index contributed by atoms with van der Waals surface area (Å²) in [6.07, 6.45) is 0.769. The number of rotatable bonds is 10. The van der Waals surface area contributed by atoms with E-state index in [0.717, 1.165) is 26.8 Å². The summed E-state index contributed by atoms with van der Waals surface area (Å²) in [7, 11) is 0. The molecular weight excluding hydrogens is 440 g/mol. The molecule has 0 spiro atoms. The Morgan fingerprint density at radius 3 is 2.67 bits per heavy atom. The second-order valence-electron chi connectivity index (χ2n) is 7.75. The Bertz CT molecular complexity index is 1070. The molecule has 4 N–H and O–H groups in total. The van der Waals surface area contributed by atoms with Crippen molar-refractivity contribution in [3.05, 3.63) is 42.1 Å². The fourth-order valence-corrected chi connectivity index (χ4v) is 3.93. The second kappa shape index (κ2) is 11.6. The van der Waals surface area contributed by atoms with E-state index < -0.39 is 12.2 Å². The topological polar surface area (TPSA) is 121 Å². The van der Waals surface area contributed by atoms with Crippen LogP contribution < -0.4 is 16.0 Å². The number of carbonyl (C=O) groups excluding carboxylic acids is 1. The third-order valence-corrected chi connectivity index (χ3v) is 5.40. The van der Waals surface area contributed by atoms with Gasteiger partial charge in [-0.1, -0.05) is 35.6 Å². The summed E-state index contributed by atoms with van der Waals surface area (Å²) in [5, 5.41) is 19.7. The van der Waals surface area contributed by atoms with Gasteiger partial charge in [-0.3, -0.25) is 0 Å². The van der Waals surface area contributed by atoms with Gasteiger partial charge in [0.05, 0.1) is 29.0 Å². The quantitative estimate of drug-likeness (QED) is 0.349. The Balaban J connectivity index is 1.97. The molecule has 3 rings (SSSR count). The molecule has 0 radical (unpaired) electrons. The van der Waals surface area contributed by atoms with Crippen LogP contribution in [-0.4, -0.2) is 51.4 Å². The lowest BCUT2D eigenvalue weighted by atomic mass is 10.0. The van der Waals surface area contributed by atoms with E-state index >= 15 is 0 Å². The maximum absolute atomic E-state index is 11.8. The maximum Gasteiger partial charge on any atom is 0.407 e. The van der Waals surface area contributed by atoms with Crippen LogP contribution in [0, 0.1) is 0 Å². The number of thiazole rings is 1. The van der Waals surface area contributed by atoms with Gasteiger partial charge in [0.2, 0.25) is 5.95 Å². The number of hydrogen-bond donors (Lipinski definition) is 4. The molecule has 1 atom stereocenters. The number of nitrogens with zero attached hydrogens (tertiary/aromatic N) is 3. The number of anilines is 2. The highest BCUT2D eigenvalue weighted by Crippen LogP contribution is 2.32. The molecule has 0 saturated carbocycles. The molecular formula is C23H30N6O3S. The number of nitrogens with one attached hydrogen (secondary N) is 3. The van der Waals surface area contributed by atoms with Crippen molar-refractivity contribution in [3.63, 3.8) is 0 Å². The third-order valence-electron chi connectivity index (χ3n) is 4.44. The number of benzene rings is 1. The molecule has 0 bridgehead atoms. The number of hydrogen-bond acceptors (Lipinski definition) is 9. The van der Waals surface area contributed by atoms with Crippen molar-refractivity contribution in [2.75, 3.05) is 23.8 Å². The first-order valence-corrected chi connectivity index (χ1v) is 11.7. The van der Waals surface area contributed by atoms with Crippen molar-refractivity contribution < 1.29 is 14.6 Å². The van der Waals surface area contributed by atoms with E-state index in [1.54, 1.807) is 20.0 Å². The van der Waals surface area contributed by atoms with Gasteiger partial charge in [0.25, 0.3) is 0 Å². The Morgan fingerprint density at radius 2 is 1.94 bits per heavy atom. The van der Waals surface area contributed by atoms with Crippen LogP contribution in [0.2, 0.25) is 0 Å². The van der Waals surface area contributed by atoms with Crippen molar-refractivity contribution in [2.24, 2.45) is 0 Å². The fourth-order valence-electron chi connectivity index (χ4n) is 3.01. The fraction of sp³-hybridized carbons (Fsp3) is 0.391.